The Morgan fingerprint density at radius 2 is 1.90 bits per heavy atom. The van der Waals surface area contributed by atoms with E-state index in [9.17, 15) is 4.39 Å². The first-order chi connectivity index (χ1) is 9.63. The highest BCUT2D eigenvalue weighted by atomic mass is 19.1. The Hall–Kier alpha value is -0.890. The van der Waals surface area contributed by atoms with Gasteiger partial charge in [0.25, 0.3) is 0 Å². The molecule has 0 bridgehead atoms. The van der Waals surface area contributed by atoms with Crippen LogP contribution in [0, 0.1) is 11.7 Å². The van der Waals surface area contributed by atoms with Crippen molar-refractivity contribution >= 4 is 0 Å². The molecule has 0 aliphatic carbocycles. The van der Waals surface area contributed by atoms with Crippen LogP contribution in [0.2, 0.25) is 0 Å². The summed E-state index contributed by atoms with van der Waals surface area (Å²) in [6.45, 7) is 8.64. The van der Waals surface area contributed by atoms with Gasteiger partial charge in [-0.05, 0) is 42.5 Å². The van der Waals surface area contributed by atoms with Crippen LogP contribution in [0.4, 0.5) is 4.39 Å². The zero-order valence-corrected chi connectivity index (χ0v) is 13.3. The largest absolute Gasteiger partial charge is 0.316 e. The number of halogens is 1. The topological polar surface area (TPSA) is 12.0 Å². The molecule has 1 nitrogen and oxygen atoms in total. The van der Waals surface area contributed by atoms with E-state index < -0.39 is 0 Å². The molecule has 1 aromatic rings. The first kappa shape index (κ1) is 17.2. The molecule has 1 rings (SSSR count). The quantitative estimate of drug-likeness (QED) is 0.586. The van der Waals surface area contributed by atoms with Crippen LogP contribution in [0.3, 0.4) is 0 Å². The third-order valence-corrected chi connectivity index (χ3v) is 3.67. The van der Waals surface area contributed by atoms with Crippen LogP contribution in [0.15, 0.2) is 24.3 Å². The maximum atomic E-state index is 13.4. The fourth-order valence-electron chi connectivity index (χ4n) is 2.51. The van der Waals surface area contributed by atoms with Gasteiger partial charge in [0.1, 0.15) is 5.82 Å². The van der Waals surface area contributed by atoms with Crippen molar-refractivity contribution in [3.63, 3.8) is 0 Å². The molecule has 2 heteroatoms. The summed E-state index contributed by atoms with van der Waals surface area (Å²) in [5.41, 5.74) is 1.14. The van der Waals surface area contributed by atoms with Crippen molar-refractivity contribution in [2.45, 2.75) is 58.8 Å². The number of hydrogen-bond acceptors (Lipinski definition) is 1. The second-order valence-corrected chi connectivity index (χ2v) is 6.15. The minimum Gasteiger partial charge on any atom is -0.316 e. The number of benzene rings is 1. The summed E-state index contributed by atoms with van der Waals surface area (Å²) >= 11 is 0. The molecule has 0 heterocycles. The van der Waals surface area contributed by atoms with Gasteiger partial charge in [-0.2, -0.15) is 0 Å². The summed E-state index contributed by atoms with van der Waals surface area (Å²) in [5.74, 6) is 0.967. The molecule has 0 aliphatic heterocycles. The van der Waals surface area contributed by atoms with E-state index >= 15 is 0 Å². The standard InChI is InChI=1S/C18H30FN/c1-4-5-6-7-9-17(14-20-13-15(2)3)16-10-8-11-18(19)12-16/h8,10-12,15,17,20H,4-7,9,13-14H2,1-3H3. The molecular weight excluding hydrogens is 249 g/mol. The fraction of sp³-hybridized carbons (Fsp3) is 0.667. The van der Waals surface area contributed by atoms with E-state index in [4.69, 9.17) is 0 Å². The molecule has 1 atom stereocenters. The first-order valence-electron chi connectivity index (χ1n) is 8.09. The highest BCUT2D eigenvalue weighted by Gasteiger charge is 2.12. The van der Waals surface area contributed by atoms with E-state index in [2.05, 4.69) is 32.2 Å². The molecule has 0 saturated carbocycles. The molecule has 0 spiro atoms. The second kappa shape index (κ2) is 9.93. The second-order valence-electron chi connectivity index (χ2n) is 6.15. The molecule has 0 amide bonds. The van der Waals surface area contributed by atoms with Crippen LogP contribution in [0.25, 0.3) is 0 Å². The van der Waals surface area contributed by atoms with E-state index in [1.165, 1.54) is 31.7 Å². The summed E-state index contributed by atoms with van der Waals surface area (Å²) < 4.78 is 13.4. The minimum absolute atomic E-state index is 0.120. The van der Waals surface area contributed by atoms with Crippen molar-refractivity contribution < 1.29 is 4.39 Å². The Kier molecular flexibility index (Phi) is 8.52. The lowest BCUT2D eigenvalue weighted by atomic mass is 9.92. The lowest BCUT2D eigenvalue weighted by Crippen LogP contribution is -2.25. The van der Waals surface area contributed by atoms with Crippen molar-refractivity contribution in [1.29, 1.82) is 0 Å². The van der Waals surface area contributed by atoms with E-state index in [0.29, 0.717) is 11.8 Å². The summed E-state index contributed by atoms with van der Waals surface area (Å²) in [4.78, 5) is 0. The van der Waals surface area contributed by atoms with E-state index in [1.807, 2.05) is 6.07 Å². The number of unbranched alkanes of at least 4 members (excludes halogenated alkanes) is 3. The van der Waals surface area contributed by atoms with Crippen LogP contribution in [-0.2, 0) is 0 Å². The third-order valence-electron chi connectivity index (χ3n) is 3.67. The van der Waals surface area contributed by atoms with Gasteiger partial charge < -0.3 is 5.32 Å². The van der Waals surface area contributed by atoms with Gasteiger partial charge in [0, 0.05) is 6.54 Å². The molecule has 20 heavy (non-hydrogen) atoms. The molecule has 0 aromatic heterocycles. The average molecular weight is 279 g/mol. The van der Waals surface area contributed by atoms with Gasteiger partial charge in [0.2, 0.25) is 0 Å². The third kappa shape index (κ3) is 7.04. The molecular formula is C18H30FN. The SMILES string of the molecule is CCCCCCC(CNCC(C)C)c1cccc(F)c1. The molecule has 0 saturated heterocycles. The van der Waals surface area contributed by atoms with Crippen molar-refractivity contribution in [2.75, 3.05) is 13.1 Å². The van der Waals surface area contributed by atoms with Gasteiger partial charge in [-0.3, -0.25) is 0 Å². The fourth-order valence-corrected chi connectivity index (χ4v) is 2.51. The smallest absolute Gasteiger partial charge is 0.123 e. The lowest BCUT2D eigenvalue weighted by Gasteiger charge is -2.19. The normalized spacial score (nSPS) is 12.8. The van der Waals surface area contributed by atoms with Gasteiger partial charge in [0.05, 0.1) is 0 Å². The molecule has 1 N–H and O–H groups in total. The van der Waals surface area contributed by atoms with Crippen molar-refractivity contribution in [3.05, 3.63) is 35.6 Å². The highest BCUT2D eigenvalue weighted by Crippen LogP contribution is 2.23. The van der Waals surface area contributed by atoms with Gasteiger partial charge in [-0.25, -0.2) is 4.39 Å². The summed E-state index contributed by atoms with van der Waals surface area (Å²) in [6, 6.07) is 7.11. The summed E-state index contributed by atoms with van der Waals surface area (Å²) in [5, 5.41) is 3.52. The lowest BCUT2D eigenvalue weighted by molar-refractivity contribution is 0.481. The van der Waals surface area contributed by atoms with E-state index in [0.717, 1.165) is 25.1 Å². The zero-order valence-electron chi connectivity index (χ0n) is 13.3. The Bertz CT molecular complexity index is 362. The number of nitrogens with one attached hydrogen (secondary N) is 1. The predicted octanol–water partition coefficient (Wildman–Crippen LogP) is 5.13. The average Bonchev–Trinajstić information content (AvgIpc) is 2.41. The van der Waals surface area contributed by atoms with Gasteiger partial charge in [-0.15, -0.1) is 0 Å². The van der Waals surface area contributed by atoms with E-state index in [1.54, 1.807) is 6.07 Å². The molecule has 1 aromatic carbocycles. The monoisotopic (exact) mass is 279 g/mol. The van der Waals surface area contributed by atoms with Crippen molar-refractivity contribution in [1.82, 2.24) is 5.32 Å². The number of rotatable bonds is 10. The maximum absolute atomic E-state index is 13.4. The van der Waals surface area contributed by atoms with Gasteiger partial charge >= 0.3 is 0 Å². The van der Waals surface area contributed by atoms with Gasteiger partial charge in [-0.1, -0.05) is 58.6 Å². The minimum atomic E-state index is -0.120. The molecule has 0 fully saturated rings. The highest BCUT2D eigenvalue weighted by molar-refractivity contribution is 5.21. The van der Waals surface area contributed by atoms with Crippen LogP contribution >= 0.6 is 0 Å². The van der Waals surface area contributed by atoms with Crippen LogP contribution in [0.1, 0.15) is 64.4 Å². The first-order valence-corrected chi connectivity index (χ1v) is 8.09. The van der Waals surface area contributed by atoms with Crippen molar-refractivity contribution in [3.8, 4) is 0 Å². The number of hydrogen-bond donors (Lipinski definition) is 1. The Balaban J connectivity index is 2.53. The van der Waals surface area contributed by atoms with Crippen LogP contribution < -0.4 is 5.32 Å². The van der Waals surface area contributed by atoms with Gasteiger partial charge in [0.15, 0.2) is 0 Å². The molecule has 114 valence electrons. The summed E-state index contributed by atoms with van der Waals surface area (Å²) in [6.07, 6.45) is 6.23. The molecule has 0 radical (unpaired) electrons. The van der Waals surface area contributed by atoms with Crippen molar-refractivity contribution in [2.24, 2.45) is 5.92 Å². The molecule has 0 aliphatic rings. The maximum Gasteiger partial charge on any atom is 0.123 e. The Morgan fingerprint density at radius 1 is 1.10 bits per heavy atom. The zero-order chi connectivity index (χ0) is 14.8. The Morgan fingerprint density at radius 3 is 2.55 bits per heavy atom. The summed E-state index contributed by atoms with van der Waals surface area (Å²) in [7, 11) is 0. The van der Waals surface area contributed by atoms with Crippen LogP contribution in [0.5, 0.6) is 0 Å². The van der Waals surface area contributed by atoms with E-state index in [-0.39, 0.29) is 5.82 Å². The van der Waals surface area contributed by atoms with Crippen LogP contribution in [-0.4, -0.2) is 13.1 Å². The Labute approximate surface area is 124 Å². The predicted molar refractivity (Wildman–Crippen MR) is 85.6 cm³/mol. The molecule has 1 unspecified atom stereocenters.